The maximum Gasteiger partial charge on any atom is 0.271 e. The lowest BCUT2D eigenvalue weighted by Gasteiger charge is -2.23. The van der Waals surface area contributed by atoms with E-state index in [1.165, 1.54) is 19.9 Å². The Morgan fingerprint density at radius 1 is 1.00 bits per heavy atom. The lowest BCUT2D eigenvalue weighted by molar-refractivity contribution is -0.138. The number of para-hydroxylation sites is 1. The van der Waals surface area contributed by atoms with Gasteiger partial charge in [0.05, 0.1) is 18.0 Å². The number of unbranched alkanes of at least 4 members (excludes halogenated alkanes) is 3. The van der Waals surface area contributed by atoms with Crippen molar-refractivity contribution >= 4 is 17.9 Å². The lowest BCUT2D eigenvalue weighted by atomic mass is 9.93. The predicted octanol–water partition coefficient (Wildman–Crippen LogP) is 5.72. The van der Waals surface area contributed by atoms with Crippen molar-refractivity contribution in [3.63, 3.8) is 0 Å². The molecule has 0 aliphatic carbocycles. The second-order valence-corrected chi connectivity index (χ2v) is 8.99. The van der Waals surface area contributed by atoms with E-state index < -0.39 is 11.8 Å². The number of aromatic nitrogens is 2. The van der Waals surface area contributed by atoms with Gasteiger partial charge in [0.1, 0.15) is 17.4 Å². The van der Waals surface area contributed by atoms with Gasteiger partial charge in [0.15, 0.2) is 0 Å². The van der Waals surface area contributed by atoms with Crippen molar-refractivity contribution in [2.45, 2.75) is 39.5 Å². The fourth-order valence-electron chi connectivity index (χ4n) is 4.21. The van der Waals surface area contributed by atoms with Crippen LogP contribution in [0.2, 0.25) is 0 Å². The molecular formula is C30H30N4O3. The van der Waals surface area contributed by atoms with Gasteiger partial charge in [-0.2, -0.15) is 10.4 Å². The van der Waals surface area contributed by atoms with Crippen molar-refractivity contribution in [3.05, 3.63) is 83.1 Å². The number of ether oxygens (including phenoxy) is 1. The van der Waals surface area contributed by atoms with E-state index >= 15 is 0 Å². The van der Waals surface area contributed by atoms with Gasteiger partial charge in [0.25, 0.3) is 11.8 Å². The minimum atomic E-state index is -0.590. The second kappa shape index (κ2) is 11.5. The van der Waals surface area contributed by atoms with E-state index in [0.717, 1.165) is 34.7 Å². The number of carbonyl (C=O) groups is 2. The van der Waals surface area contributed by atoms with Crippen LogP contribution >= 0.6 is 0 Å². The van der Waals surface area contributed by atoms with Crippen molar-refractivity contribution in [1.29, 1.82) is 5.26 Å². The monoisotopic (exact) mass is 494 g/mol. The van der Waals surface area contributed by atoms with Crippen molar-refractivity contribution < 1.29 is 14.3 Å². The van der Waals surface area contributed by atoms with Crippen LogP contribution < -0.4 is 4.74 Å². The van der Waals surface area contributed by atoms with Crippen LogP contribution in [0.15, 0.2) is 77.5 Å². The first-order valence-corrected chi connectivity index (χ1v) is 12.5. The summed E-state index contributed by atoms with van der Waals surface area (Å²) in [6, 6.07) is 19.4. The molecule has 0 fully saturated rings. The Morgan fingerprint density at radius 2 is 1.73 bits per heavy atom. The van der Waals surface area contributed by atoms with Crippen LogP contribution in [0.25, 0.3) is 23.0 Å². The first-order chi connectivity index (χ1) is 17.9. The van der Waals surface area contributed by atoms with E-state index in [2.05, 4.69) is 6.92 Å². The van der Waals surface area contributed by atoms with Gasteiger partial charge in [-0.05, 0) is 61.4 Å². The van der Waals surface area contributed by atoms with Crippen LogP contribution in [0, 0.1) is 11.3 Å². The molecule has 7 heteroatoms. The van der Waals surface area contributed by atoms with Crippen LogP contribution in [0.3, 0.4) is 0 Å². The highest BCUT2D eigenvalue weighted by molar-refractivity contribution is 6.19. The van der Waals surface area contributed by atoms with Gasteiger partial charge < -0.3 is 4.74 Å². The van der Waals surface area contributed by atoms with Crippen LogP contribution in [0.1, 0.15) is 45.1 Å². The van der Waals surface area contributed by atoms with E-state index in [-0.39, 0.29) is 5.57 Å². The summed E-state index contributed by atoms with van der Waals surface area (Å²) in [5.41, 5.74) is 3.71. The standard InChI is InChI=1S/C30H30N4O3/c1-4-5-6-10-17-37-25-15-13-22(14-16-25)28-23(20-34(32-28)24-11-8-7-9-12-24)18-26-21(2)27(19-31)30(36)33(3)29(26)35/h7-9,11-16,18,20H,4-6,10,17H2,1-3H3/b26-18+. The van der Waals surface area contributed by atoms with Crippen LogP contribution in [-0.2, 0) is 9.59 Å². The zero-order valence-corrected chi connectivity index (χ0v) is 21.4. The van der Waals surface area contributed by atoms with Crippen LogP contribution in [-0.4, -0.2) is 40.1 Å². The maximum absolute atomic E-state index is 13.0. The van der Waals surface area contributed by atoms with Crippen molar-refractivity contribution in [2.24, 2.45) is 0 Å². The Bertz CT molecular complexity index is 1390. The Morgan fingerprint density at radius 3 is 2.41 bits per heavy atom. The SMILES string of the molecule is CCCCCCOc1ccc(-c2nn(-c3ccccc3)cc2/C=C2/C(=O)N(C)C(=O)C(C#N)=C2C)cc1. The molecule has 7 nitrogen and oxygen atoms in total. The number of nitrogens with zero attached hydrogens (tertiary/aromatic N) is 4. The first kappa shape index (κ1) is 25.6. The average molecular weight is 495 g/mol. The Labute approximate surface area is 217 Å². The van der Waals surface area contributed by atoms with Gasteiger partial charge >= 0.3 is 0 Å². The van der Waals surface area contributed by atoms with Crippen LogP contribution in [0.4, 0.5) is 0 Å². The highest BCUT2D eigenvalue weighted by Crippen LogP contribution is 2.31. The summed E-state index contributed by atoms with van der Waals surface area (Å²) < 4.78 is 7.64. The van der Waals surface area contributed by atoms with Gasteiger partial charge in [-0.1, -0.05) is 44.4 Å². The normalized spacial score (nSPS) is 14.9. The van der Waals surface area contributed by atoms with Gasteiger partial charge in [0.2, 0.25) is 0 Å². The third-order valence-electron chi connectivity index (χ3n) is 6.40. The number of amides is 2. The quantitative estimate of drug-likeness (QED) is 0.216. The number of hydrogen-bond acceptors (Lipinski definition) is 5. The van der Waals surface area contributed by atoms with E-state index in [1.807, 2.05) is 66.9 Å². The zero-order chi connectivity index (χ0) is 26.4. The molecule has 0 saturated heterocycles. The van der Waals surface area contributed by atoms with Gasteiger partial charge in [-0.15, -0.1) is 0 Å². The summed E-state index contributed by atoms with van der Waals surface area (Å²) in [4.78, 5) is 26.4. The maximum atomic E-state index is 13.0. The smallest absolute Gasteiger partial charge is 0.271 e. The van der Waals surface area contributed by atoms with Crippen molar-refractivity contribution in [3.8, 4) is 28.8 Å². The Kier molecular flexibility index (Phi) is 7.99. The van der Waals surface area contributed by atoms with Gasteiger partial charge in [-0.25, -0.2) is 4.68 Å². The first-order valence-electron chi connectivity index (χ1n) is 12.5. The minimum absolute atomic E-state index is 0.0363. The fourth-order valence-corrected chi connectivity index (χ4v) is 4.21. The highest BCUT2D eigenvalue weighted by Gasteiger charge is 2.33. The molecule has 188 valence electrons. The zero-order valence-electron chi connectivity index (χ0n) is 21.4. The Balaban J connectivity index is 1.73. The number of likely N-dealkylation sites (N-methyl/N-ethyl adjacent to an activating group) is 1. The molecule has 0 N–H and O–H groups in total. The molecule has 3 aromatic rings. The number of carbonyl (C=O) groups excluding carboxylic acids is 2. The second-order valence-electron chi connectivity index (χ2n) is 8.99. The molecule has 0 saturated carbocycles. The number of imide groups is 1. The van der Waals surface area contributed by atoms with Crippen LogP contribution in [0.5, 0.6) is 5.75 Å². The molecule has 0 unspecified atom stereocenters. The lowest BCUT2D eigenvalue weighted by Crippen LogP contribution is -2.39. The summed E-state index contributed by atoms with van der Waals surface area (Å²) in [6.07, 6.45) is 8.13. The third-order valence-corrected chi connectivity index (χ3v) is 6.40. The molecule has 4 rings (SSSR count). The molecule has 1 aliphatic heterocycles. The molecule has 0 bridgehead atoms. The molecule has 2 amide bonds. The molecule has 2 aromatic carbocycles. The van der Waals surface area contributed by atoms with E-state index in [4.69, 9.17) is 9.84 Å². The van der Waals surface area contributed by atoms with E-state index in [0.29, 0.717) is 29.0 Å². The third kappa shape index (κ3) is 5.54. The van der Waals surface area contributed by atoms with Gasteiger partial charge in [0, 0.05) is 29.9 Å². The molecule has 0 spiro atoms. The average Bonchev–Trinajstić information content (AvgIpc) is 3.35. The summed E-state index contributed by atoms with van der Waals surface area (Å²) in [5.74, 6) is -0.248. The molecular weight excluding hydrogens is 464 g/mol. The molecule has 37 heavy (non-hydrogen) atoms. The topological polar surface area (TPSA) is 88.2 Å². The summed E-state index contributed by atoms with van der Waals surface area (Å²) in [5, 5.41) is 14.3. The molecule has 1 aromatic heterocycles. The Hall–Kier alpha value is -4.44. The molecule has 0 radical (unpaired) electrons. The van der Waals surface area contributed by atoms with E-state index in [1.54, 1.807) is 17.7 Å². The number of benzene rings is 2. The largest absolute Gasteiger partial charge is 0.494 e. The fraction of sp³-hybridized carbons (Fsp3) is 0.267. The van der Waals surface area contributed by atoms with Crippen molar-refractivity contribution in [2.75, 3.05) is 13.7 Å². The molecule has 0 atom stereocenters. The summed E-state index contributed by atoms with van der Waals surface area (Å²) in [6.45, 7) is 4.49. The van der Waals surface area contributed by atoms with Gasteiger partial charge in [-0.3, -0.25) is 14.5 Å². The number of rotatable bonds is 9. The highest BCUT2D eigenvalue weighted by atomic mass is 16.5. The predicted molar refractivity (Wildman–Crippen MR) is 143 cm³/mol. The molecule has 1 aliphatic rings. The minimum Gasteiger partial charge on any atom is -0.494 e. The summed E-state index contributed by atoms with van der Waals surface area (Å²) in [7, 11) is 1.39. The molecule has 2 heterocycles. The summed E-state index contributed by atoms with van der Waals surface area (Å²) >= 11 is 0. The van der Waals surface area contributed by atoms with E-state index in [9.17, 15) is 14.9 Å². The number of nitriles is 1. The van der Waals surface area contributed by atoms with Crippen molar-refractivity contribution in [1.82, 2.24) is 14.7 Å². The number of hydrogen-bond donors (Lipinski definition) is 0.